The molecule has 0 atom stereocenters. The second-order valence-corrected chi connectivity index (χ2v) is 9.52. The van der Waals surface area contributed by atoms with Crippen molar-refractivity contribution in [3.63, 3.8) is 0 Å². The van der Waals surface area contributed by atoms with Crippen LogP contribution < -0.4 is 10.5 Å². The van der Waals surface area contributed by atoms with E-state index in [1.54, 1.807) is 32.5 Å². The van der Waals surface area contributed by atoms with E-state index in [2.05, 4.69) is 5.10 Å². The molecule has 0 radical (unpaired) electrons. The average Bonchev–Trinajstić information content (AvgIpc) is 3.41. The first kappa shape index (κ1) is 22.3. The lowest BCUT2D eigenvalue weighted by molar-refractivity contribution is -0.115. The SMILES string of the molecule is CCn1nc(C)c2nc(SCC(=O)N(C)c3cccc(C)c3)n(Cc3cccs3)c(=O)c21. The Hall–Kier alpha value is -2.91. The van der Waals surface area contributed by atoms with Crippen LogP contribution in [0.3, 0.4) is 0 Å². The van der Waals surface area contributed by atoms with Crippen LogP contribution in [-0.4, -0.2) is 38.0 Å². The van der Waals surface area contributed by atoms with E-state index < -0.39 is 0 Å². The van der Waals surface area contributed by atoms with Gasteiger partial charge in [-0.05, 0) is 49.9 Å². The number of aryl methyl sites for hydroxylation is 3. The van der Waals surface area contributed by atoms with Gasteiger partial charge in [0.15, 0.2) is 10.7 Å². The van der Waals surface area contributed by atoms with Crippen molar-refractivity contribution in [3.8, 4) is 0 Å². The summed E-state index contributed by atoms with van der Waals surface area (Å²) in [6, 6.07) is 11.8. The number of thiophene rings is 1. The Morgan fingerprint density at radius 1 is 1.22 bits per heavy atom. The number of anilines is 1. The summed E-state index contributed by atoms with van der Waals surface area (Å²) >= 11 is 2.88. The van der Waals surface area contributed by atoms with Gasteiger partial charge in [0.2, 0.25) is 5.91 Å². The third kappa shape index (κ3) is 4.35. The van der Waals surface area contributed by atoms with Crippen molar-refractivity contribution in [1.82, 2.24) is 19.3 Å². The van der Waals surface area contributed by atoms with Crippen molar-refractivity contribution in [2.45, 2.75) is 39.0 Å². The molecule has 0 fully saturated rings. The Bertz CT molecular complexity index is 1320. The van der Waals surface area contributed by atoms with Gasteiger partial charge in [0, 0.05) is 24.2 Å². The zero-order valence-electron chi connectivity index (χ0n) is 18.5. The molecule has 1 amide bonds. The largest absolute Gasteiger partial charge is 0.315 e. The van der Waals surface area contributed by atoms with Crippen LogP contribution in [0.15, 0.2) is 51.7 Å². The van der Waals surface area contributed by atoms with Crippen LogP contribution in [0.1, 0.15) is 23.1 Å². The third-order valence-corrected chi connectivity index (χ3v) is 7.09. The molecule has 32 heavy (non-hydrogen) atoms. The van der Waals surface area contributed by atoms with E-state index in [4.69, 9.17) is 4.98 Å². The summed E-state index contributed by atoms with van der Waals surface area (Å²) in [6.45, 7) is 6.81. The predicted molar refractivity (Wildman–Crippen MR) is 131 cm³/mol. The number of amides is 1. The molecule has 166 valence electrons. The van der Waals surface area contributed by atoms with Crippen molar-refractivity contribution in [2.75, 3.05) is 17.7 Å². The molecule has 3 aromatic heterocycles. The van der Waals surface area contributed by atoms with Crippen molar-refractivity contribution >= 4 is 45.7 Å². The lowest BCUT2D eigenvalue weighted by Crippen LogP contribution is -2.29. The maximum Gasteiger partial charge on any atom is 0.280 e. The van der Waals surface area contributed by atoms with E-state index in [0.717, 1.165) is 16.1 Å². The average molecular weight is 468 g/mol. The maximum atomic E-state index is 13.5. The third-order valence-electron chi connectivity index (χ3n) is 5.26. The van der Waals surface area contributed by atoms with Crippen LogP contribution in [0, 0.1) is 13.8 Å². The Morgan fingerprint density at radius 3 is 2.72 bits per heavy atom. The number of nitrogens with zero attached hydrogens (tertiary/aromatic N) is 5. The second-order valence-electron chi connectivity index (χ2n) is 7.54. The van der Waals surface area contributed by atoms with Gasteiger partial charge in [-0.3, -0.25) is 18.8 Å². The van der Waals surface area contributed by atoms with Gasteiger partial charge >= 0.3 is 0 Å². The number of benzene rings is 1. The van der Waals surface area contributed by atoms with Gasteiger partial charge in [-0.15, -0.1) is 11.3 Å². The monoisotopic (exact) mass is 467 g/mol. The molecule has 0 aliphatic rings. The number of rotatable bonds is 7. The molecule has 0 saturated heterocycles. The zero-order chi connectivity index (χ0) is 22.8. The molecule has 4 rings (SSSR count). The van der Waals surface area contributed by atoms with E-state index in [1.165, 1.54) is 11.8 Å². The van der Waals surface area contributed by atoms with E-state index in [0.29, 0.717) is 35.0 Å². The molecule has 0 spiro atoms. The zero-order valence-corrected chi connectivity index (χ0v) is 20.2. The minimum Gasteiger partial charge on any atom is -0.315 e. The van der Waals surface area contributed by atoms with Crippen molar-refractivity contribution in [1.29, 1.82) is 0 Å². The fraction of sp³-hybridized carbons (Fsp3) is 0.304. The minimum absolute atomic E-state index is 0.0569. The molecule has 0 saturated carbocycles. The highest BCUT2D eigenvalue weighted by Crippen LogP contribution is 2.23. The summed E-state index contributed by atoms with van der Waals surface area (Å²) in [7, 11) is 1.77. The smallest absolute Gasteiger partial charge is 0.280 e. The highest BCUT2D eigenvalue weighted by molar-refractivity contribution is 7.99. The van der Waals surface area contributed by atoms with Crippen LogP contribution in [0.5, 0.6) is 0 Å². The molecule has 3 heterocycles. The standard InChI is InChI=1S/C23H25N5O2S2/c1-5-28-21-20(16(3)25-28)24-23(27(22(21)30)13-18-10-7-11-31-18)32-14-19(29)26(4)17-9-6-8-15(2)12-17/h6-12H,5,13-14H2,1-4H3. The molecule has 0 N–H and O–H groups in total. The molecule has 0 aliphatic heterocycles. The van der Waals surface area contributed by atoms with E-state index in [-0.39, 0.29) is 17.2 Å². The molecular weight excluding hydrogens is 442 g/mol. The first-order valence-electron chi connectivity index (χ1n) is 10.4. The Balaban J connectivity index is 1.68. The van der Waals surface area contributed by atoms with Crippen molar-refractivity contribution in [3.05, 3.63) is 68.3 Å². The van der Waals surface area contributed by atoms with Crippen LogP contribution in [0.4, 0.5) is 5.69 Å². The highest BCUT2D eigenvalue weighted by atomic mass is 32.2. The van der Waals surface area contributed by atoms with E-state index in [9.17, 15) is 9.59 Å². The second kappa shape index (κ2) is 9.30. The fourth-order valence-corrected chi connectivity index (χ4v) is 5.13. The number of aromatic nitrogens is 4. The van der Waals surface area contributed by atoms with Crippen LogP contribution in [-0.2, 0) is 17.9 Å². The van der Waals surface area contributed by atoms with Gasteiger partial charge in [0.05, 0.1) is 18.0 Å². The van der Waals surface area contributed by atoms with Gasteiger partial charge in [-0.25, -0.2) is 4.98 Å². The minimum atomic E-state index is -0.132. The molecular formula is C23H25N5O2S2. The highest BCUT2D eigenvalue weighted by Gasteiger charge is 2.20. The van der Waals surface area contributed by atoms with Crippen LogP contribution >= 0.6 is 23.1 Å². The van der Waals surface area contributed by atoms with Gasteiger partial charge in [-0.2, -0.15) is 5.10 Å². The molecule has 4 aromatic rings. The Kier molecular flexibility index (Phi) is 6.48. The summed E-state index contributed by atoms with van der Waals surface area (Å²) in [4.78, 5) is 33.8. The summed E-state index contributed by atoms with van der Waals surface area (Å²) in [5.41, 5.74) is 3.63. The molecule has 0 unspecified atom stereocenters. The summed E-state index contributed by atoms with van der Waals surface area (Å²) in [6.07, 6.45) is 0. The summed E-state index contributed by atoms with van der Waals surface area (Å²) in [5, 5.41) is 6.99. The number of carbonyl (C=O) groups excluding carboxylic acids is 1. The number of fused-ring (bicyclic) bond motifs is 1. The van der Waals surface area contributed by atoms with Crippen molar-refractivity contribution in [2.24, 2.45) is 0 Å². The van der Waals surface area contributed by atoms with E-state index in [1.807, 2.05) is 62.5 Å². The quantitative estimate of drug-likeness (QED) is 0.302. The maximum absolute atomic E-state index is 13.5. The molecule has 7 nitrogen and oxygen atoms in total. The predicted octanol–water partition coefficient (Wildman–Crippen LogP) is 4.09. The van der Waals surface area contributed by atoms with E-state index >= 15 is 0 Å². The van der Waals surface area contributed by atoms with Gasteiger partial charge in [0.25, 0.3) is 5.56 Å². The first-order valence-corrected chi connectivity index (χ1v) is 12.2. The molecule has 9 heteroatoms. The Morgan fingerprint density at radius 2 is 2.03 bits per heavy atom. The number of hydrogen-bond acceptors (Lipinski definition) is 6. The lowest BCUT2D eigenvalue weighted by Gasteiger charge is -2.18. The van der Waals surface area contributed by atoms with Gasteiger partial charge in [0.1, 0.15) is 5.52 Å². The first-order chi connectivity index (χ1) is 15.4. The number of carbonyl (C=O) groups is 1. The van der Waals surface area contributed by atoms with Gasteiger partial charge in [-0.1, -0.05) is 30.0 Å². The lowest BCUT2D eigenvalue weighted by atomic mass is 10.2. The normalized spacial score (nSPS) is 11.2. The van der Waals surface area contributed by atoms with Crippen LogP contribution in [0.25, 0.3) is 11.0 Å². The summed E-state index contributed by atoms with van der Waals surface area (Å²) < 4.78 is 3.36. The van der Waals surface area contributed by atoms with Crippen LogP contribution in [0.2, 0.25) is 0 Å². The molecule has 0 bridgehead atoms. The Labute approximate surface area is 194 Å². The summed E-state index contributed by atoms with van der Waals surface area (Å²) in [5.74, 6) is 0.118. The topological polar surface area (TPSA) is 73.0 Å². The number of thioether (sulfide) groups is 1. The fourth-order valence-electron chi connectivity index (χ4n) is 3.53. The molecule has 0 aliphatic carbocycles. The number of hydrogen-bond donors (Lipinski definition) is 0. The van der Waals surface area contributed by atoms with Crippen molar-refractivity contribution < 1.29 is 4.79 Å². The van der Waals surface area contributed by atoms with Gasteiger partial charge < -0.3 is 4.90 Å². The molecule has 1 aromatic carbocycles.